The highest BCUT2D eigenvalue weighted by Gasteiger charge is 2.39. The zero-order valence-electron chi connectivity index (χ0n) is 8.03. The first kappa shape index (κ1) is 8.76. The Morgan fingerprint density at radius 1 is 1.31 bits per heavy atom. The molecule has 1 aromatic rings. The van der Waals surface area contributed by atoms with Gasteiger partial charge in [-0.15, -0.1) is 0 Å². The smallest absolute Gasteiger partial charge is 0.0921 e. The highest BCUT2D eigenvalue weighted by atomic mass is 16.3. The Morgan fingerprint density at radius 3 is 2.54 bits per heavy atom. The molecule has 1 aliphatic rings. The molecule has 0 aromatic heterocycles. The number of benzene rings is 1. The molecule has 0 amide bonds. The molecule has 1 heteroatoms. The second kappa shape index (κ2) is 3.15. The van der Waals surface area contributed by atoms with Crippen molar-refractivity contribution in [1.82, 2.24) is 0 Å². The zero-order chi connectivity index (χ0) is 9.31. The Morgan fingerprint density at radius 2 is 2.00 bits per heavy atom. The predicted molar refractivity (Wildman–Crippen MR) is 53.4 cm³/mol. The van der Waals surface area contributed by atoms with Crippen LogP contribution in [0.2, 0.25) is 0 Å². The molecule has 2 rings (SSSR count). The molecule has 13 heavy (non-hydrogen) atoms. The molecule has 0 bridgehead atoms. The van der Waals surface area contributed by atoms with Crippen molar-refractivity contribution in [1.29, 1.82) is 0 Å². The molecule has 2 atom stereocenters. The summed E-state index contributed by atoms with van der Waals surface area (Å²) in [7, 11) is 0. The maximum Gasteiger partial charge on any atom is 0.0921 e. The summed E-state index contributed by atoms with van der Waals surface area (Å²) in [5, 5.41) is 10.4. The van der Waals surface area contributed by atoms with E-state index >= 15 is 0 Å². The van der Waals surface area contributed by atoms with Crippen LogP contribution in [0.25, 0.3) is 0 Å². The van der Waals surface area contributed by atoms with Crippen molar-refractivity contribution in [2.45, 2.75) is 31.8 Å². The van der Waals surface area contributed by atoms with Gasteiger partial charge in [0.1, 0.15) is 0 Å². The van der Waals surface area contributed by atoms with Gasteiger partial charge in [-0.3, -0.25) is 0 Å². The van der Waals surface area contributed by atoms with Gasteiger partial charge >= 0.3 is 0 Å². The summed E-state index contributed by atoms with van der Waals surface area (Å²) < 4.78 is 0. The molecule has 70 valence electrons. The molecule has 0 spiro atoms. The minimum atomic E-state index is -0.554. The summed E-state index contributed by atoms with van der Waals surface area (Å²) >= 11 is 0. The van der Waals surface area contributed by atoms with E-state index in [1.54, 1.807) is 0 Å². The molecular weight excluding hydrogens is 160 g/mol. The van der Waals surface area contributed by atoms with Crippen molar-refractivity contribution < 1.29 is 5.11 Å². The van der Waals surface area contributed by atoms with Crippen molar-refractivity contribution in [3.8, 4) is 0 Å². The molecular formula is C12H16O. The Labute approximate surface area is 79.4 Å². The maximum absolute atomic E-state index is 10.4. The number of aliphatic hydroxyl groups is 1. The van der Waals surface area contributed by atoms with Crippen LogP contribution in [0.15, 0.2) is 30.3 Å². The van der Waals surface area contributed by atoms with Crippen LogP contribution in [0.5, 0.6) is 0 Å². The molecule has 1 aliphatic carbocycles. The lowest BCUT2D eigenvalue weighted by molar-refractivity contribution is 0.00449. The summed E-state index contributed by atoms with van der Waals surface area (Å²) in [6, 6.07) is 10.0. The lowest BCUT2D eigenvalue weighted by Gasteiger charge is -2.28. The van der Waals surface area contributed by atoms with Crippen LogP contribution in [-0.2, 0) is 5.60 Å². The molecule has 0 heterocycles. The predicted octanol–water partition coefficient (Wildman–Crippen LogP) is 2.69. The molecule has 1 fully saturated rings. The third-order valence-corrected chi connectivity index (χ3v) is 3.28. The second-order valence-corrected chi connectivity index (χ2v) is 4.08. The normalized spacial score (nSPS) is 33.5. The number of hydrogen-bond donors (Lipinski definition) is 1. The van der Waals surface area contributed by atoms with Crippen molar-refractivity contribution in [3.63, 3.8) is 0 Å². The highest BCUT2D eigenvalue weighted by Crippen LogP contribution is 2.42. The van der Waals surface area contributed by atoms with Crippen molar-refractivity contribution >= 4 is 0 Å². The van der Waals surface area contributed by atoms with E-state index in [1.807, 2.05) is 30.3 Å². The van der Waals surface area contributed by atoms with E-state index in [1.165, 1.54) is 0 Å². The number of rotatable bonds is 1. The minimum absolute atomic E-state index is 0.398. The maximum atomic E-state index is 10.4. The van der Waals surface area contributed by atoms with Gasteiger partial charge in [-0.2, -0.15) is 0 Å². The van der Waals surface area contributed by atoms with Gasteiger partial charge in [0.15, 0.2) is 0 Å². The fourth-order valence-electron chi connectivity index (χ4n) is 2.32. The lowest BCUT2D eigenvalue weighted by atomic mass is 9.85. The fourth-order valence-corrected chi connectivity index (χ4v) is 2.32. The summed E-state index contributed by atoms with van der Waals surface area (Å²) in [6.45, 7) is 2.14. The van der Waals surface area contributed by atoms with E-state index in [0.29, 0.717) is 5.92 Å². The van der Waals surface area contributed by atoms with Gasteiger partial charge in [0.25, 0.3) is 0 Å². The van der Waals surface area contributed by atoms with Gasteiger partial charge in [-0.25, -0.2) is 0 Å². The first-order chi connectivity index (χ1) is 6.23. The zero-order valence-corrected chi connectivity index (χ0v) is 8.03. The Hall–Kier alpha value is -0.820. The van der Waals surface area contributed by atoms with Crippen LogP contribution in [0.1, 0.15) is 31.7 Å². The first-order valence-corrected chi connectivity index (χ1v) is 5.01. The molecule has 1 N–H and O–H groups in total. The van der Waals surface area contributed by atoms with Crippen LogP contribution in [0.4, 0.5) is 0 Å². The van der Waals surface area contributed by atoms with E-state index < -0.39 is 5.60 Å². The second-order valence-electron chi connectivity index (χ2n) is 4.08. The standard InChI is InChI=1S/C12H16O/c1-10-6-5-9-12(10,13)11-7-3-2-4-8-11/h2-4,7-8,10,13H,5-6,9H2,1H3/t10-,12-/m0/s1. The third kappa shape index (κ3) is 1.37. The molecule has 1 nitrogen and oxygen atoms in total. The first-order valence-electron chi connectivity index (χ1n) is 5.01. The number of hydrogen-bond acceptors (Lipinski definition) is 1. The van der Waals surface area contributed by atoms with Crippen molar-refractivity contribution in [3.05, 3.63) is 35.9 Å². The Kier molecular flexibility index (Phi) is 2.12. The fraction of sp³-hybridized carbons (Fsp3) is 0.500. The van der Waals surface area contributed by atoms with E-state index in [4.69, 9.17) is 0 Å². The molecule has 0 aliphatic heterocycles. The Bertz CT molecular complexity index is 280. The van der Waals surface area contributed by atoms with Gasteiger partial charge in [0, 0.05) is 0 Å². The highest BCUT2D eigenvalue weighted by molar-refractivity contribution is 5.24. The molecule has 0 radical (unpaired) electrons. The topological polar surface area (TPSA) is 20.2 Å². The minimum Gasteiger partial charge on any atom is -0.385 e. The summed E-state index contributed by atoms with van der Waals surface area (Å²) in [5.41, 5.74) is 0.529. The summed E-state index contributed by atoms with van der Waals surface area (Å²) in [5.74, 6) is 0.398. The molecule has 1 aromatic carbocycles. The SMILES string of the molecule is C[C@H]1CCC[C@@]1(O)c1ccccc1. The van der Waals surface area contributed by atoms with Gasteiger partial charge in [-0.1, -0.05) is 37.3 Å². The van der Waals surface area contributed by atoms with E-state index in [9.17, 15) is 5.11 Å². The van der Waals surface area contributed by atoms with Crippen LogP contribution in [-0.4, -0.2) is 5.11 Å². The van der Waals surface area contributed by atoms with Crippen LogP contribution >= 0.6 is 0 Å². The van der Waals surface area contributed by atoms with Gasteiger partial charge in [0.05, 0.1) is 5.60 Å². The van der Waals surface area contributed by atoms with Gasteiger partial charge in [0.2, 0.25) is 0 Å². The van der Waals surface area contributed by atoms with Gasteiger partial charge < -0.3 is 5.11 Å². The van der Waals surface area contributed by atoms with Crippen LogP contribution in [0.3, 0.4) is 0 Å². The average molecular weight is 176 g/mol. The quantitative estimate of drug-likeness (QED) is 0.697. The van der Waals surface area contributed by atoms with E-state index in [2.05, 4.69) is 6.92 Å². The molecule has 0 saturated heterocycles. The third-order valence-electron chi connectivity index (χ3n) is 3.28. The average Bonchev–Trinajstić information content (AvgIpc) is 2.50. The van der Waals surface area contributed by atoms with Crippen LogP contribution < -0.4 is 0 Å². The summed E-state index contributed by atoms with van der Waals surface area (Å²) in [4.78, 5) is 0. The van der Waals surface area contributed by atoms with Crippen LogP contribution in [0, 0.1) is 5.92 Å². The van der Waals surface area contributed by atoms with E-state index in [0.717, 1.165) is 24.8 Å². The van der Waals surface area contributed by atoms with Gasteiger partial charge in [-0.05, 0) is 30.7 Å². The Balaban J connectivity index is 2.34. The molecule has 0 unspecified atom stereocenters. The van der Waals surface area contributed by atoms with Crippen molar-refractivity contribution in [2.75, 3.05) is 0 Å². The monoisotopic (exact) mass is 176 g/mol. The van der Waals surface area contributed by atoms with E-state index in [-0.39, 0.29) is 0 Å². The molecule has 1 saturated carbocycles. The largest absolute Gasteiger partial charge is 0.385 e. The summed E-state index contributed by atoms with van der Waals surface area (Å²) in [6.07, 6.45) is 3.20. The lowest BCUT2D eigenvalue weighted by Crippen LogP contribution is -2.28. The van der Waals surface area contributed by atoms with Crippen molar-refractivity contribution in [2.24, 2.45) is 5.92 Å².